The summed E-state index contributed by atoms with van der Waals surface area (Å²) < 4.78 is 0. The Morgan fingerprint density at radius 3 is 2.62 bits per heavy atom. The first-order valence-corrected chi connectivity index (χ1v) is 7.09. The van der Waals surface area contributed by atoms with E-state index >= 15 is 0 Å². The summed E-state index contributed by atoms with van der Waals surface area (Å²) in [6.45, 7) is 3.06. The molecule has 2 aromatic rings. The fraction of sp³-hybridized carbons (Fsp3) is 0.312. The minimum absolute atomic E-state index is 0.137. The lowest BCUT2D eigenvalue weighted by Gasteiger charge is -2.08. The molecule has 5 nitrogen and oxygen atoms in total. The minimum Gasteiger partial charge on any atom is -0.348 e. The highest BCUT2D eigenvalue weighted by Gasteiger charge is 2.11. The van der Waals surface area contributed by atoms with Gasteiger partial charge < -0.3 is 11.1 Å². The number of nitrogens with two attached hydrogens (primary N) is 1. The van der Waals surface area contributed by atoms with Crippen LogP contribution in [0, 0.1) is 0 Å². The fourth-order valence-electron chi connectivity index (χ4n) is 2.05. The van der Waals surface area contributed by atoms with E-state index in [0.717, 1.165) is 29.7 Å². The van der Waals surface area contributed by atoms with Crippen molar-refractivity contribution >= 4 is 5.91 Å². The summed E-state index contributed by atoms with van der Waals surface area (Å²) in [5.41, 5.74) is 9.02. The van der Waals surface area contributed by atoms with E-state index in [1.54, 1.807) is 6.20 Å². The van der Waals surface area contributed by atoms with E-state index in [0.29, 0.717) is 18.7 Å². The van der Waals surface area contributed by atoms with E-state index in [4.69, 9.17) is 5.73 Å². The third kappa shape index (κ3) is 4.10. The first kappa shape index (κ1) is 15.1. The number of aryl methyl sites for hydroxylation is 1. The molecule has 0 saturated carbocycles. The lowest BCUT2D eigenvalue weighted by molar-refractivity contribution is 0.0949. The third-order valence-electron chi connectivity index (χ3n) is 3.24. The van der Waals surface area contributed by atoms with Gasteiger partial charge in [0.15, 0.2) is 0 Å². The summed E-state index contributed by atoms with van der Waals surface area (Å²) in [7, 11) is 0. The van der Waals surface area contributed by atoms with Crippen molar-refractivity contribution in [3.05, 3.63) is 59.2 Å². The standard InChI is InChI=1S/C16H20N4O/c1-2-3-15-14(10-18-11-20-15)16(21)19-9-13-6-4-12(8-17)5-7-13/h4-7,10-11H,2-3,8-9,17H2,1H3,(H,19,21). The van der Waals surface area contributed by atoms with Crippen molar-refractivity contribution < 1.29 is 4.79 Å². The number of nitrogens with zero attached hydrogens (tertiary/aromatic N) is 2. The summed E-state index contributed by atoms with van der Waals surface area (Å²) in [4.78, 5) is 20.3. The number of hydrogen-bond donors (Lipinski definition) is 2. The molecule has 21 heavy (non-hydrogen) atoms. The van der Waals surface area contributed by atoms with Crippen LogP contribution in [0.15, 0.2) is 36.8 Å². The largest absolute Gasteiger partial charge is 0.348 e. The maximum atomic E-state index is 12.2. The maximum Gasteiger partial charge on any atom is 0.254 e. The second-order valence-electron chi connectivity index (χ2n) is 4.84. The number of aromatic nitrogens is 2. The lowest BCUT2D eigenvalue weighted by Crippen LogP contribution is -2.24. The Labute approximate surface area is 124 Å². The molecule has 0 saturated heterocycles. The van der Waals surface area contributed by atoms with E-state index in [2.05, 4.69) is 22.2 Å². The summed E-state index contributed by atoms with van der Waals surface area (Å²) in [6.07, 6.45) is 4.77. The van der Waals surface area contributed by atoms with E-state index in [-0.39, 0.29) is 5.91 Å². The molecule has 1 amide bonds. The van der Waals surface area contributed by atoms with Gasteiger partial charge in [-0.25, -0.2) is 9.97 Å². The molecule has 1 aromatic heterocycles. The molecule has 0 unspecified atom stereocenters. The molecule has 0 bridgehead atoms. The van der Waals surface area contributed by atoms with Gasteiger partial charge in [-0.3, -0.25) is 4.79 Å². The van der Waals surface area contributed by atoms with Gasteiger partial charge in [-0.05, 0) is 17.5 Å². The smallest absolute Gasteiger partial charge is 0.254 e. The second kappa shape index (κ2) is 7.50. The molecule has 5 heteroatoms. The Bertz CT molecular complexity index is 595. The first-order chi connectivity index (χ1) is 10.2. The molecule has 3 N–H and O–H groups in total. The minimum atomic E-state index is -0.137. The van der Waals surface area contributed by atoms with E-state index < -0.39 is 0 Å². The summed E-state index contributed by atoms with van der Waals surface area (Å²) in [5, 5.41) is 2.90. The van der Waals surface area contributed by atoms with E-state index in [9.17, 15) is 4.79 Å². The summed E-state index contributed by atoms with van der Waals surface area (Å²) >= 11 is 0. The van der Waals surface area contributed by atoms with Crippen LogP contribution in [0.2, 0.25) is 0 Å². The third-order valence-corrected chi connectivity index (χ3v) is 3.24. The normalized spacial score (nSPS) is 10.4. The lowest BCUT2D eigenvalue weighted by atomic mass is 10.1. The molecule has 0 spiro atoms. The number of hydrogen-bond acceptors (Lipinski definition) is 4. The number of benzene rings is 1. The molecule has 0 fully saturated rings. The van der Waals surface area contributed by atoms with Crippen LogP contribution in [-0.4, -0.2) is 15.9 Å². The number of carbonyl (C=O) groups is 1. The molecular weight excluding hydrogens is 264 g/mol. The van der Waals surface area contributed by atoms with Gasteiger partial charge in [0.25, 0.3) is 5.91 Å². The monoisotopic (exact) mass is 284 g/mol. The van der Waals surface area contributed by atoms with Crippen molar-refractivity contribution in [2.75, 3.05) is 0 Å². The zero-order valence-electron chi connectivity index (χ0n) is 12.2. The van der Waals surface area contributed by atoms with Gasteiger partial charge in [0.05, 0.1) is 11.3 Å². The van der Waals surface area contributed by atoms with Crippen LogP contribution >= 0.6 is 0 Å². The first-order valence-electron chi connectivity index (χ1n) is 7.09. The van der Waals surface area contributed by atoms with Crippen molar-refractivity contribution in [1.82, 2.24) is 15.3 Å². The Hall–Kier alpha value is -2.27. The van der Waals surface area contributed by atoms with E-state index in [1.807, 2.05) is 24.3 Å². The average molecular weight is 284 g/mol. The van der Waals surface area contributed by atoms with Gasteiger partial charge in [0.2, 0.25) is 0 Å². The van der Waals surface area contributed by atoms with Gasteiger partial charge >= 0.3 is 0 Å². The summed E-state index contributed by atoms with van der Waals surface area (Å²) in [5.74, 6) is -0.137. The van der Waals surface area contributed by atoms with Crippen molar-refractivity contribution in [2.24, 2.45) is 5.73 Å². The van der Waals surface area contributed by atoms with Crippen molar-refractivity contribution in [2.45, 2.75) is 32.9 Å². The number of amides is 1. The molecule has 2 rings (SSSR count). The molecule has 1 heterocycles. The Morgan fingerprint density at radius 1 is 1.24 bits per heavy atom. The molecule has 0 aliphatic rings. The van der Waals surface area contributed by atoms with Crippen LogP contribution in [0.4, 0.5) is 0 Å². The zero-order valence-corrected chi connectivity index (χ0v) is 12.2. The second-order valence-corrected chi connectivity index (χ2v) is 4.84. The van der Waals surface area contributed by atoms with Crippen molar-refractivity contribution in [3.8, 4) is 0 Å². The Morgan fingerprint density at radius 2 is 1.95 bits per heavy atom. The molecule has 110 valence electrons. The number of nitrogens with one attached hydrogen (secondary N) is 1. The van der Waals surface area contributed by atoms with Gasteiger partial charge in [-0.2, -0.15) is 0 Å². The van der Waals surface area contributed by atoms with Crippen LogP contribution in [-0.2, 0) is 19.5 Å². The van der Waals surface area contributed by atoms with Crippen LogP contribution in [0.1, 0.15) is 40.5 Å². The zero-order chi connectivity index (χ0) is 15.1. The molecular formula is C16H20N4O. The van der Waals surface area contributed by atoms with Crippen LogP contribution in [0.25, 0.3) is 0 Å². The van der Waals surface area contributed by atoms with Gasteiger partial charge in [0, 0.05) is 19.3 Å². The van der Waals surface area contributed by atoms with Crippen molar-refractivity contribution in [1.29, 1.82) is 0 Å². The Kier molecular flexibility index (Phi) is 5.40. The predicted molar refractivity (Wildman–Crippen MR) is 81.5 cm³/mol. The highest BCUT2D eigenvalue weighted by Crippen LogP contribution is 2.08. The Balaban J connectivity index is 2.01. The fourth-order valence-corrected chi connectivity index (χ4v) is 2.05. The summed E-state index contributed by atoms with van der Waals surface area (Å²) in [6, 6.07) is 7.87. The molecule has 1 aromatic carbocycles. The molecule has 0 aliphatic heterocycles. The molecule has 0 radical (unpaired) electrons. The van der Waals surface area contributed by atoms with Gasteiger partial charge in [-0.15, -0.1) is 0 Å². The highest BCUT2D eigenvalue weighted by molar-refractivity contribution is 5.94. The average Bonchev–Trinajstić information content (AvgIpc) is 2.54. The van der Waals surface area contributed by atoms with Crippen LogP contribution < -0.4 is 11.1 Å². The predicted octanol–water partition coefficient (Wildman–Crippen LogP) is 1.82. The number of rotatable bonds is 6. The molecule has 0 aliphatic carbocycles. The van der Waals surface area contributed by atoms with Crippen molar-refractivity contribution in [3.63, 3.8) is 0 Å². The van der Waals surface area contributed by atoms with Gasteiger partial charge in [0.1, 0.15) is 6.33 Å². The SMILES string of the molecule is CCCc1ncncc1C(=O)NCc1ccc(CN)cc1. The number of carbonyl (C=O) groups excluding carboxylic acids is 1. The quantitative estimate of drug-likeness (QED) is 0.848. The van der Waals surface area contributed by atoms with E-state index in [1.165, 1.54) is 6.33 Å². The topological polar surface area (TPSA) is 80.9 Å². The van der Waals surface area contributed by atoms with Gasteiger partial charge in [-0.1, -0.05) is 37.6 Å². The van der Waals surface area contributed by atoms with Crippen LogP contribution in [0.5, 0.6) is 0 Å². The van der Waals surface area contributed by atoms with Crippen LogP contribution in [0.3, 0.4) is 0 Å². The molecule has 0 atom stereocenters. The highest BCUT2D eigenvalue weighted by atomic mass is 16.1. The maximum absolute atomic E-state index is 12.2.